The van der Waals surface area contributed by atoms with Gasteiger partial charge in [-0.1, -0.05) is 18.2 Å². The third-order valence-electron chi connectivity index (χ3n) is 5.03. The van der Waals surface area contributed by atoms with Crippen LogP contribution in [0, 0.1) is 10.1 Å². The summed E-state index contributed by atoms with van der Waals surface area (Å²) in [5.41, 5.74) is 0.382. The highest BCUT2D eigenvalue weighted by molar-refractivity contribution is 5.87. The maximum Gasteiger partial charge on any atom is 0.432 e. The predicted molar refractivity (Wildman–Crippen MR) is 111 cm³/mol. The molecule has 1 fully saturated rings. The number of amides is 1. The normalized spacial score (nSPS) is 16.7. The molecule has 0 radical (unpaired) electrons. The Labute approximate surface area is 186 Å². The van der Waals surface area contributed by atoms with Gasteiger partial charge in [-0.05, 0) is 28.0 Å². The molecule has 1 atom stereocenters. The number of para-hydroxylation sites is 1. The SMILES string of the molecule is O=C1C(CC([O-])=Nc2ccc([N+](=O)[O-])cc2)OCCN1Cc1c(=O)o[nH][n+]1-c1ccccc1. The first-order chi connectivity index (χ1) is 15.9. The van der Waals surface area contributed by atoms with Gasteiger partial charge in [0, 0.05) is 37.2 Å². The number of hydrogen-bond donors (Lipinski definition) is 1. The zero-order valence-electron chi connectivity index (χ0n) is 17.2. The highest BCUT2D eigenvalue weighted by atomic mass is 16.6. The number of aromatic nitrogens is 2. The molecule has 1 amide bonds. The Morgan fingerprint density at radius 2 is 1.91 bits per heavy atom. The van der Waals surface area contributed by atoms with E-state index in [-0.39, 0.29) is 43.2 Å². The van der Waals surface area contributed by atoms with Crippen LogP contribution in [0.3, 0.4) is 0 Å². The molecule has 0 spiro atoms. The van der Waals surface area contributed by atoms with Crippen molar-refractivity contribution in [1.82, 2.24) is 10.2 Å². The van der Waals surface area contributed by atoms with Gasteiger partial charge in [0.2, 0.25) is 5.69 Å². The Kier molecular flexibility index (Phi) is 6.26. The molecule has 1 aliphatic rings. The van der Waals surface area contributed by atoms with Gasteiger partial charge in [0.25, 0.3) is 11.6 Å². The van der Waals surface area contributed by atoms with Crippen molar-refractivity contribution in [2.75, 3.05) is 13.2 Å². The Morgan fingerprint density at radius 3 is 2.61 bits per heavy atom. The minimum absolute atomic E-state index is 0.0346. The molecular weight excluding hydrogens is 434 g/mol. The number of non-ortho nitro benzene ring substituents is 1. The maximum atomic E-state index is 12.9. The summed E-state index contributed by atoms with van der Waals surface area (Å²) in [5, 5.41) is 25.6. The Bertz CT molecular complexity index is 1230. The van der Waals surface area contributed by atoms with E-state index in [2.05, 4.69) is 10.3 Å². The van der Waals surface area contributed by atoms with Crippen molar-refractivity contribution in [1.29, 1.82) is 0 Å². The van der Waals surface area contributed by atoms with Gasteiger partial charge in [-0.25, -0.2) is 4.79 Å². The van der Waals surface area contributed by atoms with Crippen LogP contribution in [0.5, 0.6) is 0 Å². The number of aromatic amines is 1. The second kappa shape index (κ2) is 9.44. The number of nitro groups is 1. The molecule has 1 unspecified atom stereocenters. The van der Waals surface area contributed by atoms with Crippen LogP contribution < -0.4 is 15.4 Å². The molecule has 2 heterocycles. The standard InChI is InChI=1S/C21H19N5O7/c27-19(22-14-6-8-16(9-7-14)26(30)31)12-18-20(28)24(10-11-32-18)13-17-21(29)33-23-25(17)15-4-2-1-3-5-15/h1-9,18H,10-13H2,(H-,22,23,27,29). The number of hydrogen-bond acceptors (Lipinski definition) is 8. The number of nitrogens with one attached hydrogen (secondary N) is 1. The summed E-state index contributed by atoms with van der Waals surface area (Å²) in [6.07, 6.45) is -1.35. The third-order valence-corrected chi connectivity index (χ3v) is 5.03. The van der Waals surface area contributed by atoms with E-state index in [1.54, 1.807) is 24.3 Å². The lowest BCUT2D eigenvalue weighted by atomic mass is 10.1. The van der Waals surface area contributed by atoms with Gasteiger partial charge in [-0.3, -0.25) is 24.4 Å². The van der Waals surface area contributed by atoms with E-state index in [1.165, 1.54) is 33.8 Å². The second-order valence-electron chi connectivity index (χ2n) is 7.20. The monoisotopic (exact) mass is 453 g/mol. The van der Waals surface area contributed by atoms with Crippen LogP contribution in [-0.2, 0) is 16.1 Å². The van der Waals surface area contributed by atoms with Gasteiger partial charge in [-0.2, -0.15) is 0 Å². The van der Waals surface area contributed by atoms with E-state index in [0.717, 1.165) is 0 Å². The molecule has 12 heteroatoms. The quantitative estimate of drug-likeness (QED) is 0.178. The number of carbonyl (C=O) groups excluding carboxylic acids is 1. The van der Waals surface area contributed by atoms with Crippen molar-refractivity contribution in [3.8, 4) is 5.69 Å². The number of nitrogens with zero attached hydrogens (tertiary/aromatic N) is 4. The molecule has 33 heavy (non-hydrogen) atoms. The molecule has 12 nitrogen and oxygen atoms in total. The van der Waals surface area contributed by atoms with Crippen LogP contribution in [0.2, 0.25) is 0 Å². The first-order valence-electron chi connectivity index (χ1n) is 9.99. The van der Waals surface area contributed by atoms with E-state index >= 15 is 0 Å². The lowest BCUT2D eigenvalue weighted by molar-refractivity contribution is -0.678. The maximum absolute atomic E-state index is 12.9. The predicted octanol–water partition coefficient (Wildman–Crippen LogP) is 0.361. The number of aliphatic imine (C=N–C) groups is 1. The first kappa shape index (κ1) is 21.9. The molecule has 3 aromatic rings. The molecule has 2 aromatic carbocycles. The van der Waals surface area contributed by atoms with Crippen molar-refractivity contribution >= 4 is 23.2 Å². The molecule has 4 rings (SSSR count). The molecule has 1 aliphatic heterocycles. The average molecular weight is 453 g/mol. The lowest BCUT2D eigenvalue weighted by Crippen LogP contribution is -2.51. The van der Waals surface area contributed by atoms with Crippen LogP contribution in [0.15, 0.2) is 68.9 Å². The Morgan fingerprint density at radius 1 is 1.18 bits per heavy atom. The Hall–Kier alpha value is -4.32. The molecule has 1 aromatic heterocycles. The van der Waals surface area contributed by atoms with Crippen molar-refractivity contribution in [2.45, 2.75) is 19.1 Å². The van der Waals surface area contributed by atoms with Gasteiger partial charge < -0.3 is 14.7 Å². The summed E-state index contributed by atoms with van der Waals surface area (Å²) in [6.45, 7) is 0.387. The lowest BCUT2D eigenvalue weighted by Gasteiger charge is -2.32. The zero-order chi connectivity index (χ0) is 23.4. The van der Waals surface area contributed by atoms with Gasteiger partial charge in [-0.15, -0.1) is 0 Å². The largest absolute Gasteiger partial charge is 0.862 e. The number of H-pyrrole nitrogens is 1. The molecule has 0 saturated carbocycles. The van der Waals surface area contributed by atoms with Crippen molar-refractivity contribution in [2.24, 2.45) is 4.99 Å². The van der Waals surface area contributed by atoms with Crippen molar-refractivity contribution in [3.63, 3.8) is 0 Å². The number of carbonyl (C=O) groups is 1. The van der Waals surface area contributed by atoms with Gasteiger partial charge in [0.05, 0.1) is 17.2 Å². The molecule has 0 bridgehead atoms. The first-order valence-corrected chi connectivity index (χ1v) is 9.99. The summed E-state index contributed by atoms with van der Waals surface area (Å²) in [6, 6.07) is 14.1. The van der Waals surface area contributed by atoms with Crippen LogP contribution >= 0.6 is 0 Å². The highest BCUT2D eigenvalue weighted by Gasteiger charge is 2.34. The summed E-state index contributed by atoms with van der Waals surface area (Å²) in [5.74, 6) is -1.06. The highest BCUT2D eigenvalue weighted by Crippen LogP contribution is 2.19. The van der Waals surface area contributed by atoms with Gasteiger partial charge >= 0.3 is 11.3 Å². The van der Waals surface area contributed by atoms with E-state index < -0.39 is 28.5 Å². The fourth-order valence-corrected chi connectivity index (χ4v) is 3.38. The smallest absolute Gasteiger partial charge is 0.432 e. The van der Waals surface area contributed by atoms with Crippen molar-refractivity contribution < 1.29 is 28.8 Å². The molecule has 1 saturated heterocycles. The number of nitro benzene ring substituents is 1. The van der Waals surface area contributed by atoms with E-state index in [4.69, 9.17) is 9.26 Å². The minimum Gasteiger partial charge on any atom is -0.862 e. The topological polar surface area (TPSA) is 158 Å². The third kappa shape index (κ3) is 4.96. The minimum atomic E-state index is -1.05. The van der Waals surface area contributed by atoms with Crippen LogP contribution in [0.1, 0.15) is 12.1 Å². The van der Waals surface area contributed by atoms with E-state index in [1.807, 2.05) is 6.07 Å². The second-order valence-corrected chi connectivity index (χ2v) is 7.20. The number of rotatable bonds is 7. The summed E-state index contributed by atoms with van der Waals surface area (Å²) >= 11 is 0. The summed E-state index contributed by atoms with van der Waals surface area (Å²) in [4.78, 5) is 40.6. The van der Waals surface area contributed by atoms with Gasteiger partial charge in [0.1, 0.15) is 12.6 Å². The molecule has 170 valence electrons. The average Bonchev–Trinajstić information content (AvgIpc) is 3.17. The summed E-state index contributed by atoms with van der Waals surface area (Å²) in [7, 11) is 0. The summed E-state index contributed by atoms with van der Waals surface area (Å²) < 4.78 is 11.8. The van der Waals surface area contributed by atoms with Gasteiger partial charge in [0.15, 0.2) is 0 Å². The van der Waals surface area contributed by atoms with Crippen LogP contribution in [-0.4, -0.2) is 46.2 Å². The number of morpholine rings is 1. The number of ether oxygens (including phenoxy) is 1. The molecule has 1 N–H and O–H groups in total. The Balaban J connectivity index is 1.46. The number of benzene rings is 2. The fourth-order valence-electron chi connectivity index (χ4n) is 3.38. The van der Waals surface area contributed by atoms with Crippen molar-refractivity contribution in [3.05, 3.63) is 80.8 Å². The van der Waals surface area contributed by atoms with Crippen LogP contribution in [0.4, 0.5) is 11.4 Å². The molecule has 0 aliphatic carbocycles. The van der Waals surface area contributed by atoms with Crippen LogP contribution in [0.25, 0.3) is 5.69 Å². The fraction of sp³-hybridized carbons (Fsp3) is 0.238. The zero-order valence-corrected chi connectivity index (χ0v) is 17.2. The molecular formula is C21H19N5O7. The van der Waals surface area contributed by atoms with E-state index in [9.17, 15) is 24.8 Å². The van der Waals surface area contributed by atoms with E-state index in [0.29, 0.717) is 5.69 Å².